The van der Waals surface area contributed by atoms with Gasteiger partial charge < -0.3 is 15.8 Å². The summed E-state index contributed by atoms with van der Waals surface area (Å²) in [5.41, 5.74) is 5.45. The fourth-order valence-electron chi connectivity index (χ4n) is 1.60. The monoisotopic (exact) mass is 200 g/mol. The highest BCUT2D eigenvalue weighted by molar-refractivity contribution is 5.81. The minimum absolute atomic E-state index is 0.0744. The molecule has 0 spiro atoms. The smallest absolute Gasteiger partial charge is 0.223 e. The number of nitrogens with one attached hydrogen (secondary N) is 1. The molecule has 3 unspecified atom stereocenters. The molecule has 0 aliphatic heterocycles. The molecule has 0 bridgehead atoms. The van der Waals surface area contributed by atoms with Crippen molar-refractivity contribution in [2.45, 2.75) is 25.8 Å². The normalized spacial score (nSPS) is 27.1. The number of carbonyl (C=O) groups excluding carboxylic acids is 1. The van der Waals surface area contributed by atoms with Gasteiger partial charge in [-0.05, 0) is 25.3 Å². The third-order valence-electron chi connectivity index (χ3n) is 2.68. The van der Waals surface area contributed by atoms with Crippen molar-refractivity contribution in [2.75, 3.05) is 20.3 Å². The lowest BCUT2D eigenvalue weighted by Crippen LogP contribution is -2.40. The van der Waals surface area contributed by atoms with E-state index in [4.69, 9.17) is 10.5 Å². The largest absolute Gasteiger partial charge is 0.383 e. The number of nitrogens with two attached hydrogens (primary N) is 1. The van der Waals surface area contributed by atoms with Crippen LogP contribution in [0.15, 0.2) is 0 Å². The van der Waals surface area contributed by atoms with Crippen molar-refractivity contribution < 1.29 is 9.53 Å². The van der Waals surface area contributed by atoms with Crippen molar-refractivity contribution in [1.82, 2.24) is 5.32 Å². The standard InChI is InChI=1S/C10H20N2O2/c1-7-5-9(7)10(13)12-8(3-4-11)6-14-2/h7-9H,3-6,11H2,1-2H3,(H,12,13). The maximum atomic E-state index is 11.6. The van der Waals surface area contributed by atoms with E-state index in [1.54, 1.807) is 7.11 Å². The highest BCUT2D eigenvalue weighted by Crippen LogP contribution is 2.37. The van der Waals surface area contributed by atoms with Gasteiger partial charge in [0.2, 0.25) is 5.91 Å². The molecular weight excluding hydrogens is 180 g/mol. The van der Waals surface area contributed by atoms with Crippen molar-refractivity contribution in [1.29, 1.82) is 0 Å². The second-order valence-corrected chi connectivity index (χ2v) is 4.06. The van der Waals surface area contributed by atoms with Crippen molar-refractivity contribution in [3.63, 3.8) is 0 Å². The van der Waals surface area contributed by atoms with Gasteiger partial charge in [0.15, 0.2) is 0 Å². The molecule has 14 heavy (non-hydrogen) atoms. The summed E-state index contributed by atoms with van der Waals surface area (Å²) in [5.74, 6) is 0.941. The molecule has 0 aromatic heterocycles. The molecule has 3 atom stereocenters. The van der Waals surface area contributed by atoms with E-state index in [1.807, 2.05) is 0 Å². The van der Waals surface area contributed by atoms with E-state index in [-0.39, 0.29) is 17.9 Å². The van der Waals surface area contributed by atoms with Crippen LogP contribution in [0, 0.1) is 11.8 Å². The minimum Gasteiger partial charge on any atom is -0.383 e. The maximum absolute atomic E-state index is 11.6. The van der Waals surface area contributed by atoms with Crippen LogP contribution >= 0.6 is 0 Å². The molecule has 0 aromatic carbocycles. The maximum Gasteiger partial charge on any atom is 0.223 e. The molecule has 3 N–H and O–H groups in total. The SMILES string of the molecule is COCC(CCN)NC(=O)C1CC1C. The summed E-state index contributed by atoms with van der Waals surface area (Å²) >= 11 is 0. The van der Waals surface area contributed by atoms with Crippen molar-refractivity contribution in [3.8, 4) is 0 Å². The highest BCUT2D eigenvalue weighted by atomic mass is 16.5. The zero-order valence-corrected chi connectivity index (χ0v) is 8.95. The van der Waals surface area contributed by atoms with Gasteiger partial charge in [-0.25, -0.2) is 0 Å². The summed E-state index contributed by atoms with van der Waals surface area (Å²) in [4.78, 5) is 11.6. The van der Waals surface area contributed by atoms with Crippen LogP contribution in [0.3, 0.4) is 0 Å². The molecule has 0 heterocycles. The Labute approximate surface area is 85.2 Å². The van der Waals surface area contributed by atoms with E-state index in [1.165, 1.54) is 0 Å². The number of ether oxygens (including phenoxy) is 1. The average molecular weight is 200 g/mol. The van der Waals surface area contributed by atoms with Gasteiger partial charge in [0.1, 0.15) is 0 Å². The Morgan fingerprint density at radius 2 is 2.36 bits per heavy atom. The Morgan fingerprint density at radius 1 is 1.71 bits per heavy atom. The second kappa shape index (κ2) is 5.32. The number of carbonyl (C=O) groups is 1. The average Bonchev–Trinajstić information content (AvgIpc) is 2.83. The van der Waals surface area contributed by atoms with E-state index in [2.05, 4.69) is 12.2 Å². The first kappa shape index (κ1) is 11.5. The zero-order chi connectivity index (χ0) is 10.6. The molecule has 0 saturated heterocycles. The third kappa shape index (κ3) is 3.27. The highest BCUT2D eigenvalue weighted by Gasteiger charge is 2.39. The lowest BCUT2D eigenvalue weighted by Gasteiger charge is -2.16. The molecule has 1 aliphatic rings. The van der Waals surface area contributed by atoms with Gasteiger partial charge in [0, 0.05) is 13.0 Å². The van der Waals surface area contributed by atoms with Crippen molar-refractivity contribution >= 4 is 5.91 Å². The summed E-state index contributed by atoms with van der Waals surface area (Å²) < 4.78 is 5.01. The molecule has 1 rings (SSSR count). The Balaban J connectivity index is 2.27. The molecule has 0 radical (unpaired) electrons. The summed E-state index contributed by atoms with van der Waals surface area (Å²) in [7, 11) is 1.63. The lowest BCUT2D eigenvalue weighted by atomic mass is 10.2. The number of hydrogen-bond donors (Lipinski definition) is 2. The predicted octanol–water partition coefficient (Wildman–Crippen LogP) is 0.122. The first-order valence-corrected chi connectivity index (χ1v) is 5.18. The van der Waals surface area contributed by atoms with Crippen LogP contribution in [-0.2, 0) is 9.53 Å². The number of methoxy groups -OCH3 is 1. The molecule has 1 fully saturated rings. The molecule has 4 heteroatoms. The Kier molecular flexibility index (Phi) is 4.35. The minimum atomic E-state index is 0.0744. The second-order valence-electron chi connectivity index (χ2n) is 4.06. The molecule has 0 aromatic rings. The molecule has 1 aliphatic carbocycles. The first-order chi connectivity index (χ1) is 6.69. The molecule has 4 nitrogen and oxygen atoms in total. The van der Waals surface area contributed by atoms with E-state index in [0.717, 1.165) is 12.8 Å². The van der Waals surface area contributed by atoms with Crippen LogP contribution in [-0.4, -0.2) is 32.2 Å². The molecule has 1 saturated carbocycles. The van der Waals surface area contributed by atoms with Crippen LogP contribution in [0.5, 0.6) is 0 Å². The first-order valence-electron chi connectivity index (χ1n) is 5.18. The van der Waals surface area contributed by atoms with Crippen LogP contribution < -0.4 is 11.1 Å². The third-order valence-corrected chi connectivity index (χ3v) is 2.68. The molecule has 82 valence electrons. The van der Waals surface area contributed by atoms with Gasteiger partial charge >= 0.3 is 0 Å². The zero-order valence-electron chi connectivity index (χ0n) is 8.95. The number of amides is 1. The van der Waals surface area contributed by atoms with Crippen LogP contribution in [0.1, 0.15) is 19.8 Å². The van der Waals surface area contributed by atoms with Gasteiger partial charge in [-0.15, -0.1) is 0 Å². The van der Waals surface area contributed by atoms with Gasteiger partial charge in [0.25, 0.3) is 0 Å². The van der Waals surface area contributed by atoms with Gasteiger partial charge in [-0.1, -0.05) is 6.92 Å². The van der Waals surface area contributed by atoms with Gasteiger partial charge in [-0.2, -0.15) is 0 Å². The Morgan fingerprint density at radius 3 is 2.79 bits per heavy atom. The van der Waals surface area contributed by atoms with Crippen LogP contribution in [0.2, 0.25) is 0 Å². The van der Waals surface area contributed by atoms with Gasteiger partial charge in [-0.3, -0.25) is 4.79 Å². The summed E-state index contributed by atoms with van der Waals surface area (Å²) in [6.07, 6.45) is 1.80. The summed E-state index contributed by atoms with van der Waals surface area (Å²) in [5, 5.41) is 2.97. The topological polar surface area (TPSA) is 64.3 Å². The quantitative estimate of drug-likeness (QED) is 0.640. The lowest BCUT2D eigenvalue weighted by molar-refractivity contribution is -0.123. The van der Waals surface area contributed by atoms with Crippen LogP contribution in [0.4, 0.5) is 0 Å². The fourth-order valence-corrected chi connectivity index (χ4v) is 1.60. The van der Waals surface area contributed by atoms with E-state index < -0.39 is 0 Å². The fraction of sp³-hybridized carbons (Fsp3) is 0.900. The Bertz CT molecular complexity index is 191. The van der Waals surface area contributed by atoms with E-state index in [9.17, 15) is 4.79 Å². The van der Waals surface area contributed by atoms with E-state index >= 15 is 0 Å². The summed E-state index contributed by atoms with van der Waals surface area (Å²) in [6, 6.07) is 0.0744. The predicted molar refractivity (Wildman–Crippen MR) is 54.7 cm³/mol. The van der Waals surface area contributed by atoms with Crippen molar-refractivity contribution in [2.24, 2.45) is 17.6 Å². The number of rotatable bonds is 6. The van der Waals surface area contributed by atoms with E-state index in [0.29, 0.717) is 19.1 Å². The van der Waals surface area contributed by atoms with Gasteiger partial charge in [0.05, 0.1) is 12.6 Å². The Hall–Kier alpha value is -0.610. The number of hydrogen-bond acceptors (Lipinski definition) is 3. The van der Waals surface area contributed by atoms with Crippen molar-refractivity contribution in [3.05, 3.63) is 0 Å². The molecular formula is C10H20N2O2. The van der Waals surface area contributed by atoms with Crippen LogP contribution in [0.25, 0.3) is 0 Å². The summed E-state index contributed by atoms with van der Waals surface area (Å²) in [6.45, 7) is 3.22. The molecule has 1 amide bonds.